The average molecular weight is 128 g/mol. The van der Waals surface area contributed by atoms with Gasteiger partial charge in [0.25, 0.3) is 0 Å². The summed E-state index contributed by atoms with van der Waals surface area (Å²) in [5, 5.41) is 0. The fourth-order valence-corrected chi connectivity index (χ4v) is 0.610. The fourth-order valence-electron chi connectivity index (χ4n) is 0.610. The normalized spacial score (nSPS) is 8.11. The standard InChI is InChI=1S/C8H9.Na/c1-7-5-3-4-6-8(7)2;/h3-6H,1H2,2H3;/q-1;+1. The molecule has 0 heterocycles. The van der Waals surface area contributed by atoms with Crippen molar-refractivity contribution in [3.05, 3.63) is 42.3 Å². The van der Waals surface area contributed by atoms with Crippen LogP contribution in [0.2, 0.25) is 0 Å². The van der Waals surface area contributed by atoms with Crippen LogP contribution in [-0.4, -0.2) is 0 Å². The fraction of sp³-hybridized carbons (Fsp3) is 0.125. The predicted molar refractivity (Wildman–Crippen MR) is 35.6 cm³/mol. The van der Waals surface area contributed by atoms with Crippen molar-refractivity contribution in [2.45, 2.75) is 6.92 Å². The summed E-state index contributed by atoms with van der Waals surface area (Å²) in [6.07, 6.45) is 0. The zero-order valence-electron chi connectivity index (χ0n) is 6.02. The summed E-state index contributed by atoms with van der Waals surface area (Å²) in [7, 11) is 0. The molecular weight excluding hydrogens is 119 g/mol. The zero-order chi connectivity index (χ0) is 5.98. The van der Waals surface area contributed by atoms with Crippen molar-refractivity contribution >= 4 is 0 Å². The third kappa shape index (κ3) is 2.44. The molecule has 9 heavy (non-hydrogen) atoms. The summed E-state index contributed by atoms with van der Waals surface area (Å²) in [6, 6.07) is 8.08. The van der Waals surface area contributed by atoms with E-state index in [2.05, 4.69) is 19.9 Å². The van der Waals surface area contributed by atoms with Crippen LogP contribution in [0, 0.1) is 13.8 Å². The van der Waals surface area contributed by atoms with Crippen molar-refractivity contribution in [1.29, 1.82) is 0 Å². The summed E-state index contributed by atoms with van der Waals surface area (Å²) in [5.74, 6) is 0. The van der Waals surface area contributed by atoms with Gasteiger partial charge >= 0.3 is 29.6 Å². The molecule has 0 radical (unpaired) electrons. The van der Waals surface area contributed by atoms with Crippen LogP contribution in [0.5, 0.6) is 0 Å². The number of aryl methyl sites for hydroxylation is 1. The van der Waals surface area contributed by atoms with Crippen molar-refractivity contribution in [3.8, 4) is 0 Å². The molecule has 1 heteroatoms. The van der Waals surface area contributed by atoms with E-state index in [0.717, 1.165) is 5.56 Å². The summed E-state index contributed by atoms with van der Waals surface area (Å²) >= 11 is 0. The minimum Gasteiger partial charge on any atom is -0.198 e. The molecule has 0 atom stereocenters. The second-order valence-electron chi connectivity index (χ2n) is 1.93. The van der Waals surface area contributed by atoms with Crippen LogP contribution in [0.1, 0.15) is 11.1 Å². The Bertz CT molecular complexity index is 161. The average Bonchev–Trinajstić information content (AvgIpc) is 1.77. The first kappa shape index (κ1) is 9.09. The summed E-state index contributed by atoms with van der Waals surface area (Å²) in [4.78, 5) is 0. The second-order valence-corrected chi connectivity index (χ2v) is 1.93. The maximum absolute atomic E-state index is 3.82. The molecule has 0 fully saturated rings. The van der Waals surface area contributed by atoms with Gasteiger partial charge in [-0.1, -0.05) is 13.0 Å². The SMILES string of the molecule is [CH2-]c1ccccc1C.[Na+]. The molecule has 0 spiro atoms. The molecule has 1 aromatic rings. The summed E-state index contributed by atoms with van der Waals surface area (Å²) < 4.78 is 0. The van der Waals surface area contributed by atoms with Gasteiger partial charge in [0.1, 0.15) is 0 Å². The van der Waals surface area contributed by atoms with E-state index in [-0.39, 0.29) is 29.6 Å². The van der Waals surface area contributed by atoms with Gasteiger partial charge in [-0.15, -0.1) is 12.1 Å². The maximum Gasteiger partial charge on any atom is 1.00 e. The molecule has 0 aromatic heterocycles. The van der Waals surface area contributed by atoms with Crippen LogP contribution in [0.4, 0.5) is 0 Å². The molecule has 0 aliphatic carbocycles. The Balaban J connectivity index is 0.000000640. The molecule has 0 aliphatic rings. The number of rotatable bonds is 0. The van der Waals surface area contributed by atoms with Gasteiger partial charge in [0.2, 0.25) is 0 Å². The Morgan fingerprint density at radius 2 is 1.78 bits per heavy atom. The van der Waals surface area contributed by atoms with Gasteiger partial charge in [0.15, 0.2) is 0 Å². The van der Waals surface area contributed by atoms with Gasteiger partial charge in [-0.2, -0.15) is 24.1 Å². The first-order valence-electron chi connectivity index (χ1n) is 2.68. The Morgan fingerprint density at radius 3 is 2.11 bits per heavy atom. The molecule has 0 bridgehead atoms. The number of hydrogen-bond donors (Lipinski definition) is 0. The van der Waals surface area contributed by atoms with Crippen molar-refractivity contribution in [3.63, 3.8) is 0 Å². The number of hydrogen-bond acceptors (Lipinski definition) is 0. The van der Waals surface area contributed by atoms with Gasteiger partial charge in [-0.25, -0.2) is 0 Å². The van der Waals surface area contributed by atoms with Gasteiger partial charge in [-0.05, 0) is 0 Å². The van der Waals surface area contributed by atoms with E-state index in [1.165, 1.54) is 5.56 Å². The third-order valence-corrected chi connectivity index (χ3v) is 1.26. The largest absolute Gasteiger partial charge is 1.00 e. The molecule has 0 aliphatic heterocycles. The summed E-state index contributed by atoms with van der Waals surface area (Å²) in [6.45, 7) is 5.88. The minimum absolute atomic E-state index is 0. The van der Waals surface area contributed by atoms with Gasteiger partial charge in [0, 0.05) is 0 Å². The monoisotopic (exact) mass is 128 g/mol. The maximum atomic E-state index is 3.82. The van der Waals surface area contributed by atoms with Crippen LogP contribution in [-0.2, 0) is 0 Å². The topological polar surface area (TPSA) is 0 Å². The molecule has 0 saturated heterocycles. The van der Waals surface area contributed by atoms with Crippen molar-refractivity contribution in [2.75, 3.05) is 0 Å². The van der Waals surface area contributed by atoms with E-state index >= 15 is 0 Å². The van der Waals surface area contributed by atoms with Gasteiger partial charge in [0.05, 0.1) is 0 Å². The second kappa shape index (κ2) is 3.99. The molecule has 0 nitrogen and oxygen atoms in total. The van der Waals surface area contributed by atoms with Crippen molar-refractivity contribution in [1.82, 2.24) is 0 Å². The van der Waals surface area contributed by atoms with Crippen molar-refractivity contribution in [2.24, 2.45) is 0 Å². The molecule has 0 amide bonds. The zero-order valence-corrected chi connectivity index (χ0v) is 8.02. The molecule has 0 unspecified atom stereocenters. The quantitative estimate of drug-likeness (QED) is 0.316. The molecule has 0 saturated carbocycles. The van der Waals surface area contributed by atoms with Crippen LogP contribution in [0.15, 0.2) is 24.3 Å². The van der Waals surface area contributed by atoms with Gasteiger partial charge in [-0.3, -0.25) is 0 Å². The molecule has 0 N–H and O–H groups in total. The van der Waals surface area contributed by atoms with E-state index in [4.69, 9.17) is 0 Å². The van der Waals surface area contributed by atoms with E-state index in [1.807, 2.05) is 18.2 Å². The summed E-state index contributed by atoms with van der Waals surface area (Å²) in [5.41, 5.74) is 2.38. The number of benzene rings is 1. The van der Waals surface area contributed by atoms with E-state index < -0.39 is 0 Å². The van der Waals surface area contributed by atoms with Gasteiger partial charge < -0.3 is 0 Å². The molecule has 1 aromatic carbocycles. The van der Waals surface area contributed by atoms with E-state index in [0.29, 0.717) is 0 Å². The third-order valence-electron chi connectivity index (χ3n) is 1.26. The van der Waals surface area contributed by atoms with Crippen LogP contribution < -0.4 is 29.6 Å². The Morgan fingerprint density at radius 1 is 1.22 bits per heavy atom. The van der Waals surface area contributed by atoms with Crippen LogP contribution in [0.25, 0.3) is 0 Å². The Kier molecular flexibility index (Phi) is 4.03. The molecular formula is C8H9Na. The van der Waals surface area contributed by atoms with Crippen LogP contribution in [0.3, 0.4) is 0 Å². The van der Waals surface area contributed by atoms with Crippen molar-refractivity contribution < 1.29 is 29.6 Å². The Labute approximate surface area is 78.6 Å². The smallest absolute Gasteiger partial charge is 0.198 e. The first-order chi connectivity index (χ1) is 3.80. The van der Waals surface area contributed by atoms with Crippen LogP contribution >= 0.6 is 0 Å². The predicted octanol–water partition coefficient (Wildman–Crippen LogP) is -0.819. The Hall–Kier alpha value is 0.0900. The molecule has 42 valence electrons. The molecule has 1 rings (SSSR count). The van der Waals surface area contributed by atoms with E-state index in [1.54, 1.807) is 0 Å². The minimum atomic E-state index is 0. The first-order valence-corrected chi connectivity index (χ1v) is 2.68. The van der Waals surface area contributed by atoms with E-state index in [9.17, 15) is 0 Å².